The Morgan fingerprint density at radius 1 is 1.15 bits per heavy atom. The average molecular weight is 615 g/mol. The van der Waals surface area contributed by atoms with Gasteiger partial charge in [0.25, 0.3) is 5.69 Å². The first-order valence-corrected chi connectivity index (χ1v) is 13.9. The van der Waals surface area contributed by atoms with Crippen LogP contribution in [0.5, 0.6) is 11.5 Å². The summed E-state index contributed by atoms with van der Waals surface area (Å²) in [6.07, 6.45) is 4.50. The fraction of sp³-hybridized carbons (Fsp3) is 0.308. The van der Waals surface area contributed by atoms with Crippen LogP contribution in [0.3, 0.4) is 0 Å². The number of hydrogen-bond donors (Lipinski definition) is 0. The number of hydrogen-bond acceptors (Lipinski definition) is 8. The zero-order valence-electron chi connectivity index (χ0n) is 20.9. The molecule has 1 aromatic heterocycles. The molecule has 3 aromatic rings. The molecule has 0 aliphatic heterocycles. The van der Waals surface area contributed by atoms with Crippen molar-refractivity contribution in [2.45, 2.75) is 36.9 Å². The monoisotopic (exact) mass is 614 g/mol. The maximum atomic E-state index is 13.2. The Bertz CT molecular complexity index is 1400. The number of carbonyl (C=O) groups is 1. The van der Waals surface area contributed by atoms with Crippen molar-refractivity contribution in [1.82, 2.24) is 0 Å². The highest BCUT2D eigenvalue weighted by Gasteiger charge is 2.27. The van der Waals surface area contributed by atoms with Gasteiger partial charge in [-0.1, -0.05) is 29.3 Å². The number of alkyl halides is 2. The van der Waals surface area contributed by atoms with Crippen molar-refractivity contribution in [3.8, 4) is 11.5 Å². The minimum atomic E-state index is -3.09. The van der Waals surface area contributed by atoms with Crippen molar-refractivity contribution >= 4 is 46.6 Å². The first-order valence-electron chi connectivity index (χ1n) is 11.9. The van der Waals surface area contributed by atoms with E-state index < -0.39 is 23.6 Å². The fourth-order valence-electron chi connectivity index (χ4n) is 3.82. The first-order chi connectivity index (χ1) is 19.0. The van der Waals surface area contributed by atoms with Gasteiger partial charge in [0.1, 0.15) is 16.1 Å². The second kappa shape index (κ2) is 12.9. The number of halogens is 4. The van der Waals surface area contributed by atoms with Crippen molar-refractivity contribution in [2.75, 3.05) is 12.9 Å². The maximum absolute atomic E-state index is 13.2. The molecule has 0 radical (unpaired) electrons. The largest absolute Gasteiger partial charge is 0.619 e. The number of aromatic nitrogens is 1. The van der Waals surface area contributed by atoms with E-state index in [1.54, 1.807) is 6.26 Å². The minimum absolute atomic E-state index is 0.00590. The summed E-state index contributed by atoms with van der Waals surface area (Å²) in [4.78, 5) is 24.5. The Morgan fingerprint density at radius 2 is 1.85 bits per heavy atom. The molecule has 0 spiro atoms. The molecule has 40 heavy (non-hydrogen) atoms. The molecule has 0 unspecified atom stereocenters. The van der Waals surface area contributed by atoms with Crippen LogP contribution in [-0.4, -0.2) is 30.4 Å². The Balaban J connectivity index is 1.72. The molecular weight excluding hydrogens is 593 g/mol. The van der Waals surface area contributed by atoms with Crippen LogP contribution in [-0.2, 0) is 11.2 Å². The molecule has 9 nitrogen and oxygen atoms in total. The van der Waals surface area contributed by atoms with Crippen LogP contribution < -0.4 is 14.2 Å². The molecule has 1 fully saturated rings. The summed E-state index contributed by atoms with van der Waals surface area (Å²) in [6.45, 7) is -2.80. The molecule has 0 amide bonds. The van der Waals surface area contributed by atoms with Crippen molar-refractivity contribution in [2.24, 2.45) is 5.92 Å². The number of nitro benzene ring substituents is 1. The molecular formula is C26H22Cl2F2N2O7S. The number of esters is 1. The SMILES string of the molecule is CSc1ccc(C(=O)O[C@@H](Cc2c(Cl)c[n+]([O-])cc2Cl)c2ccc(OC(F)F)c(OCC3CC3)c2)cc1[N+](=O)[O-]. The van der Waals surface area contributed by atoms with Gasteiger partial charge in [-0.15, -0.1) is 11.8 Å². The molecule has 0 saturated heterocycles. The van der Waals surface area contributed by atoms with Crippen LogP contribution in [0, 0.1) is 21.2 Å². The van der Waals surface area contributed by atoms with Crippen molar-refractivity contribution in [3.05, 3.63) is 90.8 Å². The van der Waals surface area contributed by atoms with Gasteiger partial charge in [0.15, 0.2) is 23.9 Å². The summed E-state index contributed by atoms with van der Waals surface area (Å²) in [5.74, 6) is -0.766. The molecule has 1 atom stereocenters. The topological polar surface area (TPSA) is 115 Å². The standard InChI is InChI=1S/C26H22Cl2F2N2O7S/c1-40-24-7-5-16(8-20(24)32(35)36)25(33)38-22(10-17-18(27)11-31(34)12-19(17)28)15-4-6-21(39-26(29)30)23(9-15)37-13-14-2-3-14/h4-9,11-12,14,22,26H,2-3,10,13H2,1H3/t22-/m0/s1. The Kier molecular flexibility index (Phi) is 9.54. The molecule has 14 heteroatoms. The first kappa shape index (κ1) is 29.6. The van der Waals surface area contributed by atoms with E-state index in [0.29, 0.717) is 27.7 Å². The molecule has 0 N–H and O–H groups in total. The molecule has 212 valence electrons. The number of nitrogens with zero attached hydrogens (tertiary/aromatic N) is 2. The van der Waals surface area contributed by atoms with Crippen LogP contribution in [0.2, 0.25) is 10.0 Å². The van der Waals surface area contributed by atoms with E-state index in [0.717, 1.165) is 43.1 Å². The van der Waals surface area contributed by atoms with E-state index in [9.17, 15) is 28.9 Å². The molecule has 1 saturated carbocycles. The smallest absolute Gasteiger partial charge is 0.387 e. The fourth-order valence-corrected chi connectivity index (χ4v) is 4.96. The normalized spacial score (nSPS) is 13.7. The van der Waals surface area contributed by atoms with Gasteiger partial charge in [-0.3, -0.25) is 10.1 Å². The lowest BCUT2D eigenvalue weighted by atomic mass is 10.0. The summed E-state index contributed by atoms with van der Waals surface area (Å²) in [5.41, 5.74) is 0.254. The summed E-state index contributed by atoms with van der Waals surface area (Å²) in [7, 11) is 0. The molecule has 0 bridgehead atoms. The van der Waals surface area contributed by atoms with E-state index >= 15 is 0 Å². The van der Waals surface area contributed by atoms with Crippen LogP contribution in [0.1, 0.15) is 40.4 Å². The quantitative estimate of drug-likeness (QED) is 0.0547. The van der Waals surface area contributed by atoms with E-state index in [2.05, 4.69) is 4.74 Å². The number of benzene rings is 2. The number of carbonyl (C=O) groups excluding carboxylic acids is 1. The Morgan fingerprint density at radius 3 is 2.45 bits per heavy atom. The minimum Gasteiger partial charge on any atom is -0.619 e. The third-order valence-electron chi connectivity index (χ3n) is 6.03. The highest BCUT2D eigenvalue weighted by molar-refractivity contribution is 7.98. The summed E-state index contributed by atoms with van der Waals surface area (Å²) < 4.78 is 42.6. The number of rotatable bonds is 12. The van der Waals surface area contributed by atoms with Gasteiger partial charge in [0.2, 0.25) is 0 Å². The van der Waals surface area contributed by atoms with Gasteiger partial charge in [-0.05, 0) is 54.8 Å². The third kappa shape index (κ3) is 7.43. The van der Waals surface area contributed by atoms with E-state index in [-0.39, 0.29) is 44.8 Å². The van der Waals surface area contributed by atoms with Gasteiger partial charge in [0.05, 0.1) is 22.0 Å². The maximum Gasteiger partial charge on any atom is 0.387 e. The summed E-state index contributed by atoms with van der Waals surface area (Å²) >= 11 is 13.7. The lowest BCUT2D eigenvalue weighted by Crippen LogP contribution is -2.25. The number of nitro groups is 1. The highest BCUT2D eigenvalue weighted by Crippen LogP contribution is 2.38. The number of thioether (sulfide) groups is 1. The van der Waals surface area contributed by atoms with E-state index in [4.69, 9.17) is 32.7 Å². The van der Waals surface area contributed by atoms with Crippen molar-refractivity contribution < 1.29 is 37.4 Å². The van der Waals surface area contributed by atoms with Crippen molar-refractivity contribution in [1.29, 1.82) is 0 Å². The summed E-state index contributed by atoms with van der Waals surface area (Å²) in [5, 5.41) is 23.3. The van der Waals surface area contributed by atoms with Gasteiger partial charge >= 0.3 is 12.6 Å². The molecule has 1 heterocycles. The highest BCUT2D eigenvalue weighted by atomic mass is 35.5. The number of pyridine rings is 1. The Labute approximate surface area is 241 Å². The zero-order chi connectivity index (χ0) is 29.0. The van der Waals surface area contributed by atoms with E-state index in [1.165, 1.54) is 30.3 Å². The lowest BCUT2D eigenvalue weighted by molar-refractivity contribution is -0.605. The number of ether oxygens (including phenoxy) is 3. The van der Waals surface area contributed by atoms with Gasteiger partial charge < -0.3 is 19.4 Å². The summed E-state index contributed by atoms with van der Waals surface area (Å²) in [6, 6.07) is 8.03. The van der Waals surface area contributed by atoms with Crippen LogP contribution in [0.4, 0.5) is 14.5 Å². The molecule has 4 rings (SSSR count). The lowest BCUT2D eigenvalue weighted by Gasteiger charge is -2.21. The Hall–Kier alpha value is -3.35. The van der Waals surface area contributed by atoms with Crippen LogP contribution in [0.15, 0.2) is 53.7 Å². The third-order valence-corrected chi connectivity index (χ3v) is 7.47. The van der Waals surface area contributed by atoms with Gasteiger partial charge in [-0.2, -0.15) is 13.5 Å². The average Bonchev–Trinajstić information content (AvgIpc) is 3.73. The predicted molar refractivity (Wildman–Crippen MR) is 143 cm³/mol. The van der Waals surface area contributed by atoms with E-state index in [1.807, 2.05) is 0 Å². The molecule has 1 aliphatic carbocycles. The second-order valence-electron chi connectivity index (χ2n) is 8.87. The van der Waals surface area contributed by atoms with Crippen LogP contribution in [0.25, 0.3) is 0 Å². The van der Waals surface area contributed by atoms with Crippen molar-refractivity contribution in [3.63, 3.8) is 0 Å². The predicted octanol–water partition coefficient (Wildman–Crippen LogP) is 6.79. The van der Waals surface area contributed by atoms with Gasteiger partial charge in [0, 0.05) is 18.1 Å². The molecule has 1 aliphatic rings. The van der Waals surface area contributed by atoms with Gasteiger partial charge in [-0.25, -0.2) is 4.79 Å². The zero-order valence-corrected chi connectivity index (χ0v) is 23.2. The molecule has 2 aromatic carbocycles. The second-order valence-corrected chi connectivity index (χ2v) is 10.5. The van der Waals surface area contributed by atoms with Crippen LogP contribution >= 0.6 is 35.0 Å².